The number of hydrogen-bond donors (Lipinski definition) is 1. The molecule has 0 saturated heterocycles. The van der Waals surface area contributed by atoms with Crippen molar-refractivity contribution in [3.05, 3.63) is 68.4 Å². The molecule has 0 amide bonds. The Labute approximate surface area is 167 Å². The van der Waals surface area contributed by atoms with E-state index in [0.717, 1.165) is 0 Å². The molecule has 0 aliphatic rings. The normalized spacial score (nSPS) is 10.6. The van der Waals surface area contributed by atoms with Crippen molar-refractivity contribution in [2.24, 2.45) is 0 Å². The van der Waals surface area contributed by atoms with Crippen LogP contribution in [0.5, 0.6) is 0 Å². The lowest BCUT2D eigenvalue weighted by atomic mass is 10.2. The maximum Gasteiger partial charge on any atom is 0.306 e. The van der Waals surface area contributed by atoms with Gasteiger partial charge >= 0.3 is 11.4 Å². The zero-order chi connectivity index (χ0) is 20.6. The number of non-ortho nitro benzene ring substituents is 1. The fourth-order valence-electron chi connectivity index (χ4n) is 1.96. The van der Waals surface area contributed by atoms with Crippen LogP contribution in [0, 0.1) is 36.2 Å². The summed E-state index contributed by atoms with van der Waals surface area (Å²) in [7, 11) is 0. The molecular weight excluding hydrogens is 457 g/mol. The number of hydrogen-bond acceptors (Lipinski definition) is 7. The molecule has 15 heteroatoms. The molecule has 0 aliphatic heterocycles. The van der Waals surface area contributed by atoms with Crippen molar-refractivity contribution < 1.29 is 19.2 Å². The van der Waals surface area contributed by atoms with Gasteiger partial charge < -0.3 is 5.32 Å². The van der Waals surface area contributed by atoms with E-state index >= 15 is 0 Å². The predicted octanol–water partition coefficient (Wildman–Crippen LogP) is 5.91. The minimum absolute atomic E-state index is 0.463. The second kappa shape index (κ2) is 7.64. The van der Waals surface area contributed by atoms with Gasteiger partial charge in [0.2, 0.25) is 0 Å². The average molecular weight is 460 g/mol. The Morgan fingerprint density at radius 3 is 1.48 bits per heavy atom. The topological polar surface area (TPSA) is 141 Å². The zero-order valence-corrected chi connectivity index (χ0v) is 15.4. The first-order valence-electron chi connectivity index (χ1n) is 6.37. The summed E-state index contributed by atoms with van der Waals surface area (Å²) in [5, 5.41) is 33.1. The fraction of sp³-hybridized carbons (Fsp3) is 0. The average Bonchev–Trinajstić information content (AvgIpc) is 2.61. The van der Waals surface area contributed by atoms with Crippen molar-refractivity contribution in [1.82, 2.24) is 0 Å². The quantitative estimate of drug-likeness (QED) is 0.253. The van der Waals surface area contributed by atoms with Crippen LogP contribution in [0.3, 0.4) is 0 Å². The largest absolute Gasteiger partial charge is 0.342 e. The highest BCUT2D eigenvalue weighted by molar-refractivity contribution is 6.50. The summed E-state index contributed by atoms with van der Waals surface area (Å²) in [5.74, 6) is -1.17. The third kappa shape index (κ3) is 3.81. The summed E-state index contributed by atoms with van der Waals surface area (Å²) < 4.78 is 13.8. The highest BCUT2D eigenvalue weighted by Gasteiger charge is 2.32. The number of anilines is 2. The zero-order valence-electron chi connectivity index (χ0n) is 12.3. The fourth-order valence-corrected chi connectivity index (χ4v) is 2.88. The van der Waals surface area contributed by atoms with Crippen LogP contribution < -0.4 is 5.32 Å². The number of nitro groups is 3. The number of benzene rings is 2. The van der Waals surface area contributed by atoms with Gasteiger partial charge in [-0.05, 0) is 0 Å². The van der Waals surface area contributed by atoms with E-state index in [2.05, 4.69) is 5.32 Å². The van der Waals surface area contributed by atoms with Crippen LogP contribution >= 0.6 is 46.4 Å². The molecule has 0 spiro atoms. The Morgan fingerprint density at radius 2 is 1.15 bits per heavy atom. The number of nitrogens with zero attached hydrogens (tertiary/aromatic N) is 3. The first kappa shape index (κ1) is 20.8. The van der Waals surface area contributed by atoms with E-state index < -0.39 is 69.1 Å². The van der Waals surface area contributed by atoms with Crippen molar-refractivity contribution in [2.75, 3.05) is 5.32 Å². The Morgan fingerprint density at radius 1 is 0.741 bits per heavy atom. The molecule has 0 aromatic heterocycles. The highest BCUT2D eigenvalue weighted by atomic mass is 35.5. The summed E-state index contributed by atoms with van der Waals surface area (Å²) >= 11 is 23.0. The first-order valence-corrected chi connectivity index (χ1v) is 7.88. The molecule has 0 bridgehead atoms. The van der Waals surface area contributed by atoms with E-state index in [4.69, 9.17) is 46.4 Å². The minimum Gasteiger partial charge on any atom is -0.342 e. The van der Waals surface area contributed by atoms with E-state index in [1.54, 1.807) is 0 Å². The second-order valence-corrected chi connectivity index (χ2v) is 6.21. The molecule has 0 aliphatic carbocycles. The third-order valence-electron chi connectivity index (χ3n) is 3.15. The van der Waals surface area contributed by atoms with E-state index in [9.17, 15) is 34.7 Å². The van der Waals surface area contributed by atoms with Crippen LogP contribution in [0.1, 0.15) is 0 Å². The molecule has 0 radical (unpaired) electrons. The van der Waals surface area contributed by atoms with Gasteiger partial charge in [-0.3, -0.25) is 30.3 Å². The molecular formula is C12H3Cl4FN4O6. The molecule has 27 heavy (non-hydrogen) atoms. The Bertz CT molecular complexity index is 954. The van der Waals surface area contributed by atoms with Crippen LogP contribution in [0.25, 0.3) is 0 Å². The molecule has 0 fully saturated rings. The van der Waals surface area contributed by atoms with Gasteiger partial charge in [-0.15, -0.1) is 0 Å². The van der Waals surface area contributed by atoms with Crippen LogP contribution in [-0.4, -0.2) is 14.8 Å². The first-order chi connectivity index (χ1) is 12.5. The molecule has 2 aromatic carbocycles. The van der Waals surface area contributed by atoms with E-state index in [0.29, 0.717) is 12.1 Å². The lowest BCUT2D eigenvalue weighted by molar-refractivity contribution is -0.401. The van der Waals surface area contributed by atoms with E-state index in [1.165, 1.54) is 0 Å². The molecule has 0 unspecified atom stereocenters. The van der Waals surface area contributed by atoms with Crippen molar-refractivity contribution in [1.29, 1.82) is 0 Å². The predicted molar refractivity (Wildman–Crippen MR) is 96.1 cm³/mol. The number of nitro benzene ring substituents is 3. The monoisotopic (exact) mass is 458 g/mol. The minimum atomic E-state index is -1.17. The van der Waals surface area contributed by atoms with Crippen molar-refractivity contribution in [2.45, 2.75) is 0 Å². The van der Waals surface area contributed by atoms with Gasteiger partial charge in [-0.25, -0.2) is 4.39 Å². The molecule has 1 N–H and O–H groups in total. The van der Waals surface area contributed by atoms with E-state index in [1.807, 2.05) is 0 Å². The van der Waals surface area contributed by atoms with E-state index in [-0.39, 0.29) is 0 Å². The van der Waals surface area contributed by atoms with Gasteiger partial charge in [0, 0.05) is 0 Å². The van der Waals surface area contributed by atoms with Crippen LogP contribution in [-0.2, 0) is 0 Å². The highest BCUT2D eigenvalue weighted by Crippen LogP contribution is 2.47. The van der Waals surface area contributed by atoms with Crippen molar-refractivity contribution in [3.63, 3.8) is 0 Å². The van der Waals surface area contributed by atoms with Gasteiger partial charge in [0.25, 0.3) is 5.69 Å². The molecule has 0 heterocycles. The van der Waals surface area contributed by atoms with Gasteiger partial charge in [-0.2, -0.15) is 0 Å². The van der Waals surface area contributed by atoms with Crippen molar-refractivity contribution >= 4 is 74.8 Å². The summed E-state index contributed by atoms with van der Waals surface area (Å²) in [4.78, 5) is 30.2. The van der Waals surface area contributed by atoms with Gasteiger partial charge in [0.05, 0.1) is 52.7 Å². The van der Waals surface area contributed by atoms with Gasteiger partial charge in [0.15, 0.2) is 11.5 Å². The third-order valence-corrected chi connectivity index (χ3v) is 4.80. The molecule has 10 nitrogen and oxygen atoms in total. The maximum atomic E-state index is 13.8. The standard InChI is InChI=1S/C12H3Cl4FN4O6/c13-6-8(15)12(9(16)7(14)10(6)17)18-11-4(20(24)25)1-3(19(22)23)2-5(11)21(26)27/h1-2,18H. The van der Waals surface area contributed by atoms with Crippen LogP contribution in [0.15, 0.2) is 12.1 Å². The van der Waals surface area contributed by atoms with Crippen LogP contribution in [0.4, 0.5) is 32.8 Å². The number of rotatable bonds is 5. The maximum absolute atomic E-state index is 13.8. The summed E-state index contributed by atoms with van der Waals surface area (Å²) in [6.45, 7) is 0. The van der Waals surface area contributed by atoms with Gasteiger partial charge in [-0.1, -0.05) is 46.4 Å². The summed E-state index contributed by atoms with van der Waals surface area (Å²) in [6.07, 6.45) is 0. The molecule has 142 valence electrons. The lowest BCUT2D eigenvalue weighted by Gasteiger charge is -2.14. The Balaban J connectivity index is 2.82. The number of nitrogens with one attached hydrogen (secondary N) is 1. The van der Waals surface area contributed by atoms with Crippen molar-refractivity contribution in [3.8, 4) is 0 Å². The van der Waals surface area contributed by atoms with Gasteiger partial charge in [0.1, 0.15) is 0 Å². The lowest BCUT2D eigenvalue weighted by Crippen LogP contribution is -2.05. The SMILES string of the molecule is O=[N+]([O-])c1cc([N+](=O)[O-])c(Nc2c(Cl)c(Cl)c(F)c(Cl)c2Cl)c([N+](=O)[O-])c1. The Kier molecular flexibility index (Phi) is 5.90. The molecule has 2 aromatic rings. The summed E-state index contributed by atoms with van der Waals surface area (Å²) in [5.41, 5.74) is -4.21. The second-order valence-electron chi connectivity index (χ2n) is 4.70. The molecule has 0 atom stereocenters. The summed E-state index contributed by atoms with van der Waals surface area (Å²) in [6, 6.07) is 0.980. The molecule has 0 saturated carbocycles. The Hall–Kier alpha value is -2.47. The van der Waals surface area contributed by atoms with Crippen LogP contribution in [0.2, 0.25) is 20.1 Å². The molecule has 2 rings (SSSR count). The number of halogens is 5. The smallest absolute Gasteiger partial charge is 0.306 e.